The fourth-order valence-corrected chi connectivity index (χ4v) is 3.04. The first-order valence-electron chi connectivity index (χ1n) is 8.08. The number of ether oxygens (including phenoxy) is 2. The van der Waals surface area contributed by atoms with Crippen molar-refractivity contribution in [1.29, 1.82) is 0 Å². The molecule has 0 radical (unpaired) electrons. The predicted molar refractivity (Wildman–Crippen MR) is 87.3 cm³/mol. The van der Waals surface area contributed by atoms with E-state index in [0.717, 1.165) is 42.9 Å². The summed E-state index contributed by atoms with van der Waals surface area (Å²) in [6.07, 6.45) is 3.59. The molecule has 1 fully saturated rings. The largest absolute Gasteiger partial charge is 0.497 e. The number of nitrogens with zero attached hydrogens (tertiary/aromatic N) is 1. The Hall–Kier alpha value is -1.71. The van der Waals surface area contributed by atoms with Crippen molar-refractivity contribution in [2.24, 2.45) is 5.92 Å². The number of hydrogen-bond donors (Lipinski definition) is 0. The third-order valence-electron chi connectivity index (χ3n) is 4.30. The molecule has 4 heteroatoms. The summed E-state index contributed by atoms with van der Waals surface area (Å²) in [5, 5.41) is 0. The Morgan fingerprint density at radius 1 is 1.32 bits per heavy atom. The Bertz CT molecular complexity index is 513. The van der Waals surface area contributed by atoms with Gasteiger partial charge in [0.2, 0.25) is 5.91 Å². The Labute approximate surface area is 133 Å². The number of rotatable bonds is 6. The van der Waals surface area contributed by atoms with Gasteiger partial charge in [0, 0.05) is 18.5 Å². The van der Waals surface area contributed by atoms with Gasteiger partial charge in [-0.05, 0) is 43.4 Å². The molecule has 1 saturated heterocycles. The van der Waals surface area contributed by atoms with E-state index in [4.69, 9.17) is 9.47 Å². The standard InChI is InChI=1S/C18H27NO3/c1-13(2)7-10-18(20)19-11-5-6-16(19)15-12-14(21-3)8-9-17(15)22-4/h8-9,12-13,16H,5-7,10-11H2,1-4H3. The first kappa shape index (κ1) is 16.7. The minimum atomic E-state index is 0.102. The number of carbonyl (C=O) groups is 1. The highest BCUT2D eigenvalue weighted by atomic mass is 16.5. The molecule has 0 aliphatic carbocycles. The Morgan fingerprint density at radius 2 is 2.09 bits per heavy atom. The molecular weight excluding hydrogens is 278 g/mol. The molecule has 122 valence electrons. The zero-order valence-corrected chi connectivity index (χ0v) is 14.1. The molecule has 1 aromatic carbocycles. The molecule has 0 N–H and O–H groups in total. The van der Waals surface area contributed by atoms with E-state index in [1.807, 2.05) is 23.1 Å². The minimum Gasteiger partial charge on any atom is -0.497 e. The van der Waals surface area contributed by atoms with Crippen LogP contribution in [0.4, 0.5) is 0 Å². The Kier molecular flexibility index (Phi) is 5.69. The lowest BCUT2D eigenvalue weighted by Crippen LogP contribution is -2.30. The topological polar surface area (TPSA) is 38.8 Å². The van der Waals surface area contributed by atoms with E-state index in [1.54, 1.807) is 14.2 Å². The van der Waals surface area contributed by atoms with Crippen LogP contribution in [-0.2, 0) is 4.79 Å². The van der Waals surface area contributed by atoms with Gasteiger partial charge in [0.25, 0.3) is 0 Å². The van der Waals surface area contributed by atoms with E-state index in [0.29, 0.717) is 12.3 Å². The van der Waals surface area contributed by atoms with Crippen LogP contribution < -0.4 is 9.47 Å². The maximum atomic E-state index is 12.5. The molecule has 0 bridgehead atoms. The third-order valence-corrected chi connectivity index (χ3v) is 4.30. The maximum Gasteiger partial charge on any atom is 0.223 e. The van der Waals surface area contributed by atoms with Gasteiger partial charge >= 0.3 is 0 Å². The van der Waals surface area contributed by atoms with Gasteiger partial charge in [0.1, 0.15) is 11.5 Å². The van der Waals surface area contributed by atoms with E-state index in [-0.39, 0.29) is 11.9 Å². The second kappa shape index (κ2) is 7.52. The molecule has 1 amide bonds. The van der Waals surface area contributed by atoms with Crippen molar-refractivity contribution in [3.63, 3.8) is 0 Å². The number of amides is 1. The van der Waals surface area contributed by atoms with E-state index < -0.39 is 0 Å². The van der Waals surface area contributed by atoms with E-state index in [9.17, 15) is 4.79 Å². The SMILES string of the molecule is COc1ccc(OC)c(C2CCCN2C(=O)CCC(C)C)c1. The second-order valence-corrected chi connectivity index (χ2v) is 6.29. The van der Waals surface area contributed by atoms with Crippen LogP contribution in [0.5, 0.6) is 11.5 Å². The fourth-order valence-electron chi connectivity index (χ4n) is 3.04. The Morgan fingerprint density at radius 3 is 2.73 bits per heavy atom. The van der Waals surface area contributed by atoms with Crippen molar-refractivity contribution in [2.45, 2.75) is 45.6 Å². The van der Waals surface area contributed by atoms with E-state index in [1.165, 1.54) is 0 Å². The number of benzene rings is 1. The number of methoxy groups -OCH3 is 2. The lowest BCUT2D eigenvalue weighted by molar-refractivity contribution is -0.132. The molecule has 1 aliphatic rings. The van der Waals surface area contributed by atoms with Gasteiger partial charge in [-0.2, -0.15) is 0 Å². The molecule has 2 rings (SSSR count). The van der Waals surface area contributed by atoms with Gasteiger partial charge in [-0.25, -0.2) is 0 Å². The van der Waals surface area contributed by atoms with Crippen LogP contribution in [0.1, 0.15) is 51.1 Å². The first-order chi connectivity index (χ1) is 10.6. The molecule has 1 heterocycles. The monoisotopic (exact) mass is 305 g/mol. The van der Waals surface area contributed by atoms with Crippen LogP contribution in [0.25, 0.3) is 0 Å². The number of hydrogen-bond acceptors (Lipinski definition) is 3. The molecule has 1 aromatic rings. The van der Waals surface area contributed by atoms with E-state index in [2.05, 4.69) is 13.8 Å². The quantitative estimate of drug-likeness (QED) is 0.802. The van der Waals surface area contributed by atoms with Crippen molar-refractivity contribution in [1.82, 2.24) is 4.90 Å². The lowest BCUT2D eigenvalue weighted by atomic mass is 10.0. The highest BCUT2D eigenvalue weighted by molar-refractivity contribution is 5.77. The van der Waals surface area contributed by atoms with Crippen LogP contribution in [0, 0.1) is 5.92 Å². The molecule has 1 aliphatic heterocycles. The van der Waals surface area contributed by atoms with Gasteiger partial charge in [-0.15, -0.1) is 0 Å². The summed E-state index contributed by atoms with van der Waals surface area (Å²) in [5.74, 6) is 2.43. The predicted octanol–water partition coefficient (Wildman–Crippen LogP) is 3.80. The van der Waals surface area contributed by atoms with Crippen LogP contribution in [0.3, 0.4) is 0 Å². The van der Waals surface area contributed by atoms with Crippen molar-refractivity contribution >= 4 is 5.91 Å². The second-order valence-electron chi connectivity index (χ2n) is 6.29. The maximum absolute atomic E-state index is 12.5. The molecule has 4 nitrogen and oxygen atoms in total. The molecule has 22 heavy (non-hydrogen) atoms. The summed E-state index contributed by atoms with van der Waals surface area (Å²) in [5.41, 5.74) is 1.05. The molecular formula is C18H27NO3. The minimum absolute atomic E-state index is 0.102. The van der Waals surface area contributed by atoms with Crippen LogP contribution in [0.15, 0.2) is 18.2 Å². The average Bonchev–Trinajstić information content (AvgIpc) is 3.01. The van der Waals surface area contributed by atoms with Gasteiger partial charge in [-0.1, -0.05) is 13.8 Å². The smallest absolute Gasteiger partial charge is 0.223 e. The summed E-state index contributed by atoms with van der Waals surface area (Å²) in [4.78, 5) is 14.6. The van der Waals surface area contributed by atoms with Gasteiger partial charge in [-0.3, -0.25) is 4.79 Å². The highest BCUT2D eigenvalue weighted by Crippen LogP contribution is 2.39. The molecule has 0 aromatic heterocycles. The zero-order valence-electron chi connectivity index (χ0n) is 14.1. The molecule has 1 atom stereocenters. The number of carbonyl (C=O) groups excluding carboxylic acids is 1. The highest BCUT2D eigenvalue weighted by Gasteiger charge is 2.31. The van der Waals surface area contributed by atoms with Gasteiger partial charge < -0.3 is 14.4 Å². The Balaban J connectivity index is 2.21. The molecule has 1 unspecified atom stereocenters. The van der Waals surface area contributed by atoms with Crippen molar-refractivity contribution in [3.8, 4) is 11.5 Å². The fraction of sp³-hybridized carbons (Fsp3) is 0.611. The average molecular weight is 305 g/mol. The van der Waals surface area contributed by atoms with E-state index >= 15 is 0 Å². The summed E-state index contributed by atoms with van der Waals surface area (Å²) in [6.45, 7) is 5.14. The van der Waals surface area contributed by atoms with Gasteiger partial charge in [0.15, 0.2) is 0 Å². The van der Waals surface area contributed by atoms with Crippen molar-refractivity contribution < 1.29 is 14.3 Å². The summed E-state index contributed by atoms with van der Waals surface area (Å²) in [7, 11) is 3.33. The van der Waals surface area contributed by atoms with Gasteiger partial charge in [0.05, 0.1) is 20.3 Å². The molecule has 0 spiro atoms. The van der Waals surface area contributed by atoms with Crippen LogP contribution in [0.2, 0.25) is 0 Å². The normalized spacial score (nSPS) is 17.9. The van der Waals surface area contributed by atoms with Crippen LogP contribution in [-0.4, -0.2) is 31.6 Å². The summed E-state index contributed by atoms with van der Waals surface area (Å²) >= 11 is 0. The number of likely N-dealkylation sites (tertiary alicyclic amines) is 1. The lowest BCUT2D eigenvalue weighted by Gasteiger charge is -2.27. The third kappa shape index (κ3) is 3.73. The van der Waals surface area contributed by atoms with Crippen LogP contribution >= 0.6 is 0 Å². The van der Waals surface area contributed by atoms with Crippen molar-refractivity contribution in [2.75, 3.05) is 20.8 Å². The summed E-state index contributed by atoms with van der Waals surface area (Å²) in [6, 6.07) is 5.91. The zero-order chi connectivity index (χ0) is 16.1. The van der Waals surface area contributed by atoms with Crippen molar-refractivity contribution in [3.05, 3.63) is 23.8 Å². The first-order valence-corrected chi connectivity index (χ1v) is 8.08. The summed E-state index contributed by atoms with van der Waals surface area (Å²) < 4.78 is 10.8. The molecule has 0 saturated carbocycles.